The van der Waals surface area contributed by atoms with Gasteiger partial charge in [-0.1, -0.05) is 13.8 Å². The number of ether oxygens (including phenoxy) is 1. The molecule has 94 valence electrons. The molecule has 3 N–H and O–H groups in total. The third-order valence-electron chi connectivity index (χ3n) is 3.35. The average Bonchev–Trinajstić information content (AvgIpc) is 2.68. The molecule has 1 saturated heterocycles. The molecule has 16 heavy (non-hydrogen) atoms. The summed E-state index contributed by atoms with van der Waals surface area (Å²) in [5.74, 6) is -0.0454. The molecule has 0 aromatic rings. The maximum absolute atomic E-state index is 11.5. The third kappa shape index (κ3) is 3.19. The molecule has 0 aromatic heterocycles. The minimum atomic E-state index is -0.757. The number of carboxylic acid groups (broad SMARTS) is 1. The van der Waals surface area contributed by atoms with E-state index in [0.29, 0.717) is 31.3 Å². The van der Waals surface area contributed by atoms with Gasteiger partial charge in [0.1, 0.15) is 0 Å². The second kappa shape index (κ2) is 5.64. The second-order valence-electron chi connectivity index (χ2n) is 5.32. The van der Waals surface area contributed by atoms with E-state index in [0.717, 1.165) is 13.0 Å². The predicted molar refractivity (Wildman–Crippen MR) is 62.1 cm³/mol. The number of hydrogen-bond acceptors (Lipinski definition) is 3. The van der Waals surface area contributed by atoms with E-state index < -0.39 is 11.4 Å². The molecule has 0 radical (unpaired) electrons. The highest BCUT2D eigenvalue weighted by molar-refractivity contribution is 5.75. The van der Waals surface area contributed by atoms with Crippen molar-refractivity contribution in [2.45, 2.75) is 33.1 Å². The molecule has 1 aliphatic rings. The fraction of sp³-hybridized carbons (Fsp3) is 0.917. The summed E-state index contributed by atoms with van der Waals surface area (Å²) >= 11 is 0. The van der Waals surface area contributed by atoms with Crippen molar-refractivity contribution in [2.75, 3.05) is 19.8 Å². The van der Waals surface area contributed by atoms with Crippen LogP contribution in [-0.2, 0) is 9.53 Å². The van der Waals surface area contributed by atoms with Crippen molar-refractivity contribution >= 4 is 5.97 Å². The monoisotopic (exact) mass is 229 g/mol. The molecule has 0 aliphatic carbocycles. The standard InChI is InChI=1S/C12H23NO3/c1-9(2)5-12(8-13,11(14)15)6-10-3-4-16-7-10/h9-10H,3-8,13H2,1-2H3,(H,14,15). The van der Waals surface area contributed by atoms with Gasteiger partial charge in [-0.25, -0.2) is 0 Å². The Bertz CT molecular complexity index is 236. The van der Waals surface area contributed by atoms with E-state index in [2.05, 4.69) is 0 Å². The van der Waals surface area contributed by atoms with Gasteiger partial charge in [0.2, 0.25) is 0 Å². The van der Waals surface area contributed by atoms with Crippen molar-refractivity contribution < 1.29 is 14.6 Å². The topological polar surface area (TPSA) is 72.5 Å². The van der Waals surface area contributed by atoms with Crippen molar-refractivity contribution in [1.82, 2.24) is 0 Å². The normalized spacial score (nSPS) is 24.6. The van der Waals surface area contributed by atoms with Gasteiger partial charge in [-0.3, -0.25) is 4.79 Å². The first-order chi connectivity index (χ1) is 7.50. The maximum atomic E-state index is 11.5. The van der Waals surface area contributed by atoms with Gasteiger partial charge in [0, 0.05) is 19.8 Å². The smallest absolute Gasteiger partial charge is 0.310 e. The molecule has 1 heterocycles. The zero-order chi connectivity index (χ0) is 12.2. The van der Waals surface area contributed by atoms with Crippen LogP contribution in [0.15, 0.2) is 0 Å². The van der Waals surface area contributed by atoms with E-state index in [1.54, 1.807) is 0 Å². The number of hydrogen-bond donors (Lipinski definition) is 2. The second-order valence-corrected chi connectivity index (χ2v) is 5.32. The molecule has 2 unspecified atom stereocenters. The van der Waals surface area contributed by atoms with Crippen LogP contribution >= 0.6 is 0 Å². The predicted octanol–water partition coefficient (Wildman–Crippen LogP) is 1.49. The largest absolute Gasteiger partial charge is 0.481 e. The van der Waals surface area contributed by atoms with Crippen LogP contribution in [0.2, 0.25) is 0 Å². The van der Waals surface area contributed by atoms with Crippen LogP contribution in [0.1, 0.15) is 33.1 Å². The molecule has 4 heteroatoms. The Hall–Kier alpha value is -0.610. The molecule has 0 amide bonds. The minimum Gasteiger partial charge on any atom is -0.481 e. The Labute approximate surface area is 97.2 Å². The Balaban J connectivity index is 2.70. The number of rotatable bonds is 6. The van der Waals surface area contributed by atoms with Gasteiger partial charge in [0.05, 0.1) is 5.41 Å². The van der Waals surface area contributed by atoms with E-state index in [-0.39, 0.29) is 6.54 Å². The summed E-state index contributed by atoms with van der Waals surface area (Å²) in [4.78, 5) is 11.5. The minimum absolute atomic E-state index is 0.219. The Morgan fingerprint density at radius 2 is 2.31 bits per heavy atom. The molecule has 0 bridgehead atoms. The number of nitrogens with two attached hydrogens (primary N) is 1. The first kappa shape index (κ1) is 13.5. The molecule has 0 spiro atoms. The zero-order valence-corrected chi connectivity index (χ0v) is 10.2. The van der Waals surface area contributed by atoms with Gasteiger partial charge in [-0.15, -0.1) is 0 Å². The first-order valence-corrected chi connectivity index (χ1v) is 6.01. The first-order valence-electron chi connectivity index (χ1n) is 6.01. The highest BCUT2D eigenvalue weighted by atomic mass is 16.5. The quantitative estimate of drug-likeness (QED) is 0.723. The highest BCUT2D eigenvalue weighted by Crippen LogP contribution is 2.35. The highest BCUT2D eigenvalue weighted by Gasteiger charge is 2.40. The number of carbonyl (C=O) groups is 1. The fourth-order valence-electron chi connectivity index (χ4n) is 2.59. The summed E-state index contributed by atoms with van der Waals surface area (Å²) in [6.45, 7) is 5.74. The summed E-state index contributed by atoms with van der Waals surface area (Å²) < 4.78 is 5.30. The van der Waals surface area contributed by atoms with Crippen molar-refractivity contribution in [1.29, 1.82) is 0 Å². The van der Waals surface area contributed by atoms with Gasteiger partial charge < -0.3 is 15.6 Å². The van der Waals surface area contributed by atoms with Gasteiger partial charge in [0.25, 0.3) is 0 Å². The van der Waals surface area contributed by atoms with E-state index in [1.165, 1.54) is 0 Å². The van der Waals surface area contributed by atoms with Crippen LogP contribution in [0.3, 0.4) is 0 Å². The van der Waals surface area contributed by atoms with Gasteiger partial charge >= 0.3 is 5.97 Å². The van der Waals surface area contributed by atoms with Gasteiger partial charge in [-0.2, -0.15) is 0 Å². The summed E-state index contributed by atoms with van der Waals surface area (Å²) in [5, 5.41) is 9.41. The summed E-state index contributed by atoms with van der Waals surface area (Å²) in [6, 6.07) is 0. The summed E-state index contributed by atoms with van der Waals surface area (Å²) in [7, 11) is 0. The molecule has 1 fully saturated rings. The van der Waals surface area contributed by atoms with E-state index in [4.69, 9.17) is 10.5 Å². The molecule has 2 atom stereocenters. The van der Waals surface area contributed by atoms with E-state index >= 15 is 0 Å². The van der Waals surface area contributed by atoms with E-state index in [9.17, 15) is 9.90 Å². The number of aliphatic carboxylic acids is 1. The molecular weight excluding hydrogens is 206 g/mol. The maximum Gasteiger partial charge on any atom is 0.310 e. The lowest BCUT2D eigenvalue weighted by molar-refractivity contribution is -0.150. The molecule has 0 saturated carbocycles. The molecular formula is C12H23NO3. The molecule has 4 nitrogen and oxygen atoms in total. The van der Waals surface area contributed by atoms with Crippen molar-refractivity contribution in [2.24, 2.45) is 23.0 Å². The Kier molecular flexibility index (Phi) is 4.74. The van der Waals surface area contributed by atoms with Crippen molar-refractivity contribution in [3.8, 4) is 0 Å². The SMILES string of the molecule is CC(C)CC(CN)(CC1CCOC1)C(=O)O. The fourth-order valence-corrected chi connectivity index (χ4v) is 2.59. The summed E-state index contributed by atoms with van der Waals surface area (Å²) in [6.07, 6.45) is 2.26. The lowest BCUT2D eigenvalue weighted by atomic mass is 9.73. The molecule has 1 rings (SSSR count). The van der Waals surface area contributed by atoms with Crippen molar-refractivity contribution in [3.63, 3.8) is 0 Å². The lowest BCUT2D eigenvalue weighted by Gasteiger charge is -2.31. The van der Waals surface area contributed by atoms with Gasteiger partial charge in [-0.05, 0) is 31.1 Å². The van der Waals surface area contributed by atoms with Crippen LogP contribution in [0.4, 0.5) is 0 Å². The Morgan fingerprint density at radius 1 is 1.62 bits per heavy atom. The number of carboxylic acids is 1. The Morgan fingerprint density at radius 3 is 2.69 bits per heavy atom. The molecule has 0 aromatic carbocycles. The van der Waals surface area contributed by atoms with Crippen LogP contribution in [0.25, 0.3) is 0 Å². The summed E-state index contributed by atoms with van der Waals surface area (Å²) in [5.41, 5.74) is 4.96. The third-order valence-corrected chi connectivity index (χ3v) is 3.35. The van der Waals surface area contributed by atoms with Crippen LogP contribution in [-0.4, -0.2) is 30.8 Å². The van der Waals surface area contributed by atoms with Crippen LogP contribution in [0, 0.1) is 17.3 Å². The molecule has 1 aliphatic heterocycles. The van der Waals surface area contributed by atoms with Gasteiger partial charge in [0.15, 0.2) is 0 Å². The van der Waals surface area contributed by atoms with Crippen LogP contribution in [0.5, 0.6) is 0 Å². The van der Waals surface area contributed by atoms with E-state index in [1.807, 2.05) is 13.8 Å². The lowest BCUT2D eigenvalue weighted by Crippen LogP contribution is -2.41. The van der Waals surface area contributed by atoms with Crippen molar-refractivity contribution in [3.05, 3.63) is 0 Å². The zero-order valence-electron chi connectivity index (χ0n) is 10.2. The van der Waals surface area contributed by atoms with Crippen LogP contribution < -0.4 is 5.73 Å². The average molecular weight is 229 g/mol.